The van der Waals surface area contributed by atoms with Gasteiger partial charge in [-0.05, 0) is 42.8 Å². The first kappa shape index (κ1) is 18.5. The number of rotatable bonds is 5. The second-order valence-corrected chi connectivity index (χ2v) is 5.92. The number of hydrogen-bond donors (Lipinski definition) is 1. The van der Waals surface area contributed by atoms with Crippen molar-refractivity contribution in [2.75, 3.05) is 0 Å². The predicted octanol–water partition coefficient (Wildman–Crippen LogP) is 0.873. The summed E-state index contributed by atoms with van der Waals surface area (Å²) in [5, 5.41) is 9.03. The van der Waals surface area contributed by atoms with Crippen LogP contribution in [0.3, 0.4) is 0 Å². The summed E-state index contributed by atoms with van der Waals surface area (Å²) >= 11 is 5.87. The Morgan fingerprint density at radius 3 is 2.21 bits per heavy atom. The Kier molecular flexibility index (Phi) is 6.02. The average molecular weight is 408 g/mol. The Hall–Kier alpha value is -1.85. The fourth-order valence-electron chi connectivity index (χ4n) is 2.78. The summed E-state index contributed by atoms with van der Waals surface area (Å²) in [6, 6.07) is 14.7. The minimum atomic E-state index is -0.0282. The monoisotopic (exact) mass is 406 g/mol. The molecule has 3 aromatic rings. The Bertz CT molecular complexity index is 912. The molecule has 0 saturated heterocycles. The van der Waals surface area contributed by atoms with Crippen molar-refractivity contribution in [2.24, 2.45) is 0 Å². The van der Waals surface area contributed by atoms with Crippen molar-refractivity contribution < 1.29 is 21.8 Å². The van der Waals surface area contributed by atoms with Crippen LogP contribution in [0.2, 0.25) is 5.02 Å². The molecule has 1 heterocycles. The second kappa shape index (κ2) is 7.81. The van der Waals surface area contributed by atoms with Gasteiger partial charge in [0.25, 0.3) is 0 Å². The van der Waals surface area contributed by atoms with Crippen LogP contribution in [0, 0.1) is 5.41 Å². The lowest BCUT2D eigenvalue weighted by Gasteiger charge is -2.04. The molecule has 126 valence electrons. The van der Waals surface area contributed by atoms with Crippen LogP contribution in [0.5, 0.6) is 0 Å². The van der Waals surface area contributed by atoms with Crippen LogP contribution in [0.1, 0.15) is 23.7 Å². The van der Waals surface area contributed by atoms with Gasteiger partial charge in [-0.2, -0.15) is 0 Å². The van der Waals surface area contributed by atoms with Crippen molar-refractivity contribution >= 4 is 28.4 Å². The minimum Gasteiger partial charge on any atom is -1.00 e. The molecule has 1 N–H and O–H groups in total. The number of imidazole rings is 1. The third kappa shape index (κ3) is 3.47. The number of aryl methyl sites for hydroxylation is 1. The predicted molar refractivity (Wildman–Crippen MR) is 91.9 cm³/mol. The number of fused-ring (bicyclic) bond motifs is 1. The molecule has 1 aromatic heterocycles. The van der Waals surface area contributed by atoms with Gasteiger partial charge in [0.1, 0.15) is 0 Å². The summed E-state index contributed by atoms with van der Waals surface area (Å²) in [5.41, 5.74) is 2.86. The number of nitrogens with one attached hydrogen (secondary N) is 1. The van der Waals surface area contributed by atoms with Crippen molar-refractivity contribution in [1.29, 1.82) is 5.41 Å². The summed E-state index contributed by atoms with van der Waals surface area (Å²) < 4.78 is 3.71. The quantitative estimate of drug-likeness (QED) is 0.627. The lowest BCUT2D eigenvalue weighted by atomic mass is 10.1. The molecule has 0 bridgehead atoms. The Morgan fingerprint density at radius 1 is 1.04 bits per heavy atom. The normalized spacial score (nSPS) is 10.6. The second-order valence-electron chi connectivity index (χ2n) is 5.48. The van der Waals surface area contributed by atoms with E-state index in [1.165, 1.54) is 0 Å². The third-order valence-corrected chi connectivity index (χ3v) is 4.14. The first-order chi connectivity index (χ1) is 11.1. The van der Waals surface area contributed by atoms with E-state index < -0.39 is 0 Å². The molecule has 0 spiro atoms. The first-order valence-electron chi connectivity index (χ1n) is 7.63. The Morgan fingerprint density at radius 2 is 1.62 bits per heavy atom. The highest BCUT2D eigenvalue weighted by Gasteiger charge is 2.14. The van der Waals surface area contributed by atoms with Gasteiger partial charge in [-0.3, -0.25) is 10.2 Å². The molecule has 2 aromatic carbocycles. The number of Topliss-reactive ketones (excluding diaryl/α,β-unsaturated/α-hetero) is 1. The van der Waals surface area contributed by atoms with E-state index in [0.717, 1.165) is 24.0 Å². The van der Waals surface area contributed by atoms with Crippen LogP contribution in [-0.2, 0) is 13.1 Å². The number of carbonyl (C=O) groups excluding carboxylic acids is 1. The van der Waals surface area contributed by atoms with Crippen molar-refractivity contribution in [2.45, 2.75) is 26.4 Å². The zero-order chi connectivity index (χ0) is 16.4. The number of carbonyl (C=O) groups is 1. The van der Waals surface area contributed by atoms with E-state index in [2.05, 4.69) is 6.92 Å². The van der Waals surface area contributed by atoms with Gasteiger partial charge in [0.05, 0.1) is 17.6 Å². The van der Waals surface area contributed by atoms with Crippen LogP contribution in [0.25, 0.3) is 11.0 Å². The third-order valence-electron chi connectivity index (χ3n) is 3.89. The largest absolute Gasteiger partial charge is 1.00 e. The molecule has 0 radical (unpaired) electrons. The smallest absolute Gasteiger partial charge is 0.203 e. The van der Waals surface area contributed by atoms with Crippen LogP contribution in [0.15, 0.2) is 48.5 Å². The summed E-state index contributed by atoms with van der Waals surface area (Å²) in [6.45, 7) is 3.00. The molecule has 0 amide bonds. The topological polar surface area (TPSA) is 50.8 Å². The van der Waals surface area contributed by atoms with E-state index in [-0.39, 0.29) is 29.3 Å². The molecular formula is C18H18BrClN3O-. The van der Waals surface area contributed by atoms with Gasteiger partial charge >= 0.3 is 0 Å². The van der Waals surface area contributed by atoms with E-state index in [1.807, 2.05) is 28.8 Å². The highest BCUT2D eigenvalue weighted by molar-refractivity contribution is 6.30. The fraction of sp³-hybridized carbons (Fsp3) is 0.222. The SMILES string of the molecule is CCCn1c(=N)n(CC(=O)c2ccc(Cl)cc2)c2ccccc21.[Br-]. The minimum absolute atomic E-state index is 0. The van der Waals surface area contributed by atoms with Crippen LogP contribution in [-0.4, -0.2) is 14.9 Å². The van der Waals surface area contributed by atoms with Crippen molar-refractivity contribution in [1.82, 2.24) is 9.13 Å². The summed E-state index contributed by atoms with van der Waals surface area (Å²) in [7, 11) is 0. The molecule has 0 aliphatic heterocycles. The van der Waals surface area contributed by atoms with Crippen molar-refractivity contribution in [3.8, 4) is 0 Å². The maximum absolute atomic E-state index is 12.5. The van der Waals surface area contributed by atoms with Crippen LogP contribution in [0.4, 0.5) is 0 Å². The highest BCUT2D eigenvalue weighted by atomic mass is 79.9. The number of aromatic nitrogens is 2. The van der Waals surface area contributed by atoms with Gasteiger partial charge in [0, 0.05) is 17.1 Å². The van der Waals surface area contributed by atoms with E-state index in [0.29, 0.717) is 16.2 Å². The molecular weight excluding hydrogens is 390 g/mol. The van der Waals surface area contributed by atoms with Gasteiger partial charge < -0.3 is 26.1 Å². The molecule has 24 heavy (non-hydrogen) atoms. The lowest BCUT2D eigenvalue weighted by Crippen LogP contribution is -3.00. The maximum atomic E-state index is 12.5. The molecule has 6 heteroatoms. The van der Waals surface area contributed by atoms with E-state index in [4.69, 9.17) is 17.0 Å². The van der Waals surface area contributed by atoms with E-state index >= 15 is 0 Å². The fourth-order valence-corrected chi connectivity index (χ4v) is 2.90. The first-order valence-corrected chi connectivity index (χ1v) is 8.01. The van der Waals surface area contributed by atoms with Crippen molar-refractivity contribution in [3.63, 3.8) is 0 Å². The molecule has 0 aliphatic rings. The Labute approximate surface area is 156 Å². The number of halogens is 2. The zero-order valence-electron chi connectivity index (χ0n) is 13.3. The van der Waals surface area contributed by atoms with Gasteiger partial charge in [0.15, 0.2) is 5.78 Å². The summed E-state index contributed by atoms with van der Waals surface area (Å²) in [6.07, 6.45) is 0.940. The highest BCUT2D eigenvalue weighted by Crippen LogP contribution is 2.15. The summed E-state index contributed by atoms with van der Waals surface area (Å²) in [4.78, 5) is 12.5. The lowest BCUT2D eigenvalue weighted by molar-refractivity contribution is -0.0000127. The van der Waals surface area contributed by atoms with Gasteiger partial charge in [-0.1, -0.05) is 30.7 Å². The van der Waals surface area contributed by atoms with Gasteiger partial charge in [-0.15, -0.1) is 0 Å². The molecule has 0 unspecified atom stereocenters. The molecule has 0 aliphatic carbocycles. The van der Waals surface area contributed by atoms with Crippen LogP contribution < -0.4 is 22.6 Å². The molecule has 0 saturated carbocycles. The number of nitrogens with zero attached hydrogens (tertiary/aromatic N) is 2. The van der Waals surface area contributed by atoms with Crippen molar-refractivity contribution in [3.05, 3.63) is 64.7 Å². The number of hydrogen-bond acceptors (Lipinski definition) is 2. The zero-order valence-corrected chi connectivity index (χ0v) is 15.6. The number of para-hydroxylation sites is 2. The van der Waals surface area contributed by atoms with E-state index in [1.54, 1.807) is 28.8 Å². The van der Waals surface area contributed by atoms with Crippen LogP contribution >= 0.6 is 11.6 Å². The number of benzene rings is 2. The van der Waals surface area contributed by atoms with E-state index in [9.17, 15) is 4.79 Å². The Balaban J connectivity index is 0.00000208. The molecule has 0 atom stereocenters. The van der Waals surface area contributed by atoms with Gasteiger partial charge in [0.2, 0.25) is 5.62 Å². The molecule has 3 rings (SSSR count). The molecule has 0 fully saturated rings. The summed E-state index contributed by atoms with van der Waals surface area (Å²) in [5.74, 6) is -0.0282. The maximum Gasteiger partial charge on any atom is 0.203 e. The van der Waals surface area contributed by atoms with Gasteiger partial charge in [-0.25, -0.2) is 0 Å². The standard InChI is InChI=1S/C18H18ClN3O.BrH/c1-2-11-21-15-5-3-4-6-16(15)22(18(21)20)12-17(23)13-7-9-14(19)10-8-13;/h3-10,20H,2,11-12H2,1H3;1H/p-1. The average Bonchev–Trinajstić information content (AvgIpc) is 2.82. The number of ketones is 1. The molecule has 4 nitrogen and oxygen atoms in total.